The average molecular weight is 409 g/mol. The Bertz CT molecular complexity index is 1230. The van der Waals surface area contributed by atoms with Crippen LogP contribution in [0.5, 0.6) is 0 Å². The maximum absolute atomic E-state index is 12.2. The van der Waals surface area contributed by atoms with Crippen LogP contribution in [-0.2, 0) is 12.8 Å². The Hall–Kier alpha value is -2.33. The number of hydrogen-bond donors (Lipinski definition) is 0. The third-order valence-corrected chi connectivity index (χ3v) is 5.84. The van der Waals surface area contributed by atoms with Gasteiger partial charge in [-0.05, 0) is 74.1 Å². The lowest BCUT2D eigenvalue weighted by Crippen LogP contribution is -2.04. The molecule has 130 valence electrons. The highest BCUT2D eigenvalue weighted by Crippen LogP contribution is 2.38. The molecule has 3 nitrogen and oxygen atoms in total. The van der Waals surface area contributed by atoms with Gasteiger partial charge < -0.3 is 8.83 Å². The van der Waals surface area contributed by atoms with Gasteiger partial charge in [0, 0.05) is 32.4 Å². The predicted octanol–water partition coefficient (Wildman–Crippen LogP) is 6.16. The van der Waals surface area contributed by atoms with Crippen molar-refractivity contribution in [3.05, 3.63) is 68.0 Å². The number of aryl methyl sites for hydroxylation is 3. The average Bonchev–Trinajstić information content (AvgIpc) is 2.95. The summed E-state index contributed by atoms with van der Waals surface area (Å²) < 4.78 is 12.7. The summed E-state index contributed by atoms with van der Waals surface area (Å²) in [6, 6.07) is 11.7. The maximum Gasteiger partial charge on any atom is 0.336 e. The van der Waals surface area contributed by atoms with E-state index >= 15 is 0 Å². The molecule has 0 N–H and O–H groups in total. The predicted molar refractivity (Wildman–Crippen MR) is 107 cm³/mol. The SMILES string of the molecule is Cc1c(-c2cc(=O)oc3cc4c(cc23)CCCC4)oc2ccc(Br)cc12. The Morgan fingerprint density at radius 3 is 2.46 bits per heavy atom. The number of rotatable bonds is 1. The van der Waals surface area contributed by atoms with Gasteiger partial charge in [-0.3, -0.25) is 0 Å². The first-order valence-corrected chi connectivity index (χ1v) is 9.68. The fourth-order valence-corrected chi connectivity index (χ4v) is 4.39. The molecule has 0 spiro atoms. The highest BCUT2D eigenvalue weighted by Gasteiger charge is 2.19. The van der Waals surface area contributed by atoms with Gasteiger partial charge in [0.05, 0.1) is 0 Å². The van der Waals surface area contributed by atoms with Gasteiger partial charge in [-0.2, -0.15) is 0 Å². The molecule has 4 aromatic rings. The summed E-state index contributed by atoms with van der Waals surface area (Å²) >= 11 is 3.52. The first-order chi connectivity index (χ1) is 12.6. The molecule has 0 radical (unpaired) electrons. The quantitative estimate of drug-likeness (QED) is 0.354. The molecule has 26 heavy (non-hydrogen) atoms. The van der Waals surface area contributed by atoms with E-state index in [-0.39, 0.29) is 5.63 Å². The zero-order valence-electron chi connectivity index (χ0n) is 14.4. The van der Waals surface area contributed by atoms with Crippen LogP contribution < -0.4 is 5.63 Å². The molecule has 0 bridgehead atoms. The van der Waals surface area contributed by atoms with Crippen molar-refractivity contribution in [2.45, 2.75) is 32.6 Å². The van der Waals surface area contributed by atoms with Gasteiger partial charge in [-0.25, -0.2) is 4.79 Å². The van der Waals surface area contributed by atoms with Gasteiger partial charge >= 0.3 is 5.63 Å². The number of halogens is 1. The molecule has 2 aromatic heterocycles. The summed E-state index contributed by atoms with van der Waals surface area (Å²) in [6.45, 7) is 2.03. The lowest BCUT2D eigenvalue weighted by molar-refractivity contribution is 0.558. The fraction of sp³-hybridized carbons (Fsp3) is 0.227. The van der Waals surface area contributed by atoms with E-state index in [0.717, 1.165) is 50.6 Å². The monoisotopic (exact) mass is 408 g/mol. The van der Waals surface area contributed by atoms with Crippen LogP contribution in [0.3, 0.4) is 0 Å². The molecule has 4 heteroatoms. The number of benzene rings is 2. The molecule has 0 saturated heterocycles. The van der Waals surface area contributed by atoms with E-state index in [2.05, 4.69) is 22.0 Å². The van der Waals surface area contributed by atoms with Crippen molar-refractivity contribution in [3.63, 3.8) is 0 Å². The van der Waals surface area contributed by atoms with Crippen LogP contribution in [0, 0.1) is 6.92 Å². The largest absolute Gasteiger partial charge is 0.456 e. The molecule has 0 unspecified atom stereocenters. The maximum atomic E-state index is 12.2. The van der Waals surface area contributed by atoms with Gasteiger partial charge in [0.2, 0.25) is 0 Å². The van der Waals surface area contributed by atoms with E-state index in [9.17, 15) is 4.79 Å². The number of furan rings is 1. The molecule has 2 heterocycles. The van der Waals surface area contributed by atoms with E-state index in [1.165, 1.54) is 24.0 Å². The summed E-state index contributed by atoms with van der Waals surface area (Å²) in [6.07, 6.45) is 4.54. The molecule has 2 aromatic carbocycles. The van der Waals surface area contributed by atoms with E-state index in [1.54, 1.807) is 6.07 Å². The van der Waals surface area contributed by atoms with E-state index in [1.807, 2.05) is 31.2 Å². The van der Waals surface area contributed by atoms with Gasteiger partial charge in [-0.1, -0.05) is 15.9 Å². The molecule has 0 amide bonds. The molecular formula is C22H17BrO3. The third-order valence-electron chi connectivity index (χ3n) is 5.35. The Kier molecular flexibility index (Phi) is 3.57. The van der Waals surface area contributed by atoms with Crippen LogP contribution in [0.15, 0.2) is 54.5 Å². The van der Waals surface area contributed by atoms with Gasteiger partial charge in [-0.15, -0.1) is 0 Å². The zero-order valence-corrected chi connectivity index (χ0v) is 16.0. The van der Waals surface area contributed by atoms with Crippen molar-refractivity contribution in [1.29, 1.82) is 0 Å². The van der Waals surface area contributed by atoms with Crippen molar-refractivity contribution in [3.8, 4) is 11.3 Å². The normalized spacial score (nSPS) is 14.1. The minimum atomic E-state index is -0.343. The second-order valence-electron chi connectivity index (χ2n) is 7.00. The Labute approximate surface area is 158 Å². The summed E-state index contributed by atoms with van der Waals surface area (Å²) in [4.78, 5) is 12.2. The Balaban J connectivity index is 1.84. The Morgan fingerprint density at radius 2 is 1.65 bits per heavy atom. The second kappa shape index (κ2) is 5.85. The van der Waals surface area contributed by atoms with Crippen LogP contribution in [0.25, 0.3) is 33.3 Å². The molecule has 0 atom stereocenters. The molecular weight excluding hydrogens is 392 g/mol. The van der Waals surface area contributed by atoms with Crippen molar-refractivity contribution in [2.24, 2.45) is 0 Å². The topological polar surface area (TPSA) is 43.4 Å². The first kappa shape index (κ1) is 15.9. The summed E-state index contributed by atoms with van der Waals surface area (Å²) in [5.41, 5.74) is 5.63. The van der Waals surface area contributed by atoms with Crippen molar-refractivity contribution in [2.75, 3.05) is 0 Å². The summed E-state index contributed by atoms with van der Waals surface area (Å²) in [5.74, 6) is 0.742. The molecule has 1 aliphatic carbocycles. The molecule has 0 fully saturated rings. The highest BCUT2D eigenvalue weighted by atomic mass is 79.9. The molecule has 5 rings (SSSR count). The van der Waals surface area contributed by atoms with E-state index < -0.39 is 0 Å². The minimum absolute atomic E-state index is 0.343. The standard InChI is InChI=1S/C22H17BrO3/c1-12-16-10-15(23)6-7-19(16)26-22(12)18-11-21(24)25-20-9-14-5-3-2-4-13(14)8-17(18)20/h6-11H,2-5H2,1H3. The van der Waals surface area contributed by atoms with Gasteiger partial charge in [0.25, 0.3) is 0 Å². The molecule has 1 aliphatic rings. The second-order valence-corrected chi connectivity index (χ2v) is 7.92. The number of fused-ring (bicyclic) bond motifs is 3. The van der Waals surface area contributed by atoms with E-state index in [4.69, 9.17) is 8.83 Å². The van der Waals surface area contributed by atoms with Crippen LogP contribution in [0.2, 0.25) is 0 Å². The smallest absolute Gasteiger partial charge is 0.336 e. The minimum Gasteiger partial charge on any atom is -0.456 e. The van der Waals surface area contributed by atoms with Crippen LogP contribution >= 0.6 is 15.9 Å². The van der Waals surface area contributed by atoms with Crippen LogP contribution in [-0.4, -0.2) is 0 Å². The first-order valence-electron chi connectivity index (χ1n) is 8.89. The van der Waals surface area contributed by atoms with Gasteiger partial charge in [0.15, 0.2) is 0 Å². The van der Waals surface area contributed by atoms with Crippen molar-refractivity contribution < 1.29 is 8.83 Å². The third kappa shape index (κ3) is 2.43. The lowest BCUT2D eigenvalue weighted by atomic mass is 9.89. The molecule has 0 aliphatic heterocycles. The Morgan fingerprint density at radius 1 is 0.885 bits per heavy atom. The fourth-order valence-electron chi connectivity index (χ4n) is 4.03. The lowest BCUT2D eigenvalue weighted by Gasteiger charge is -2.16. The van der Waals surface area contributed by atoms with Crippen LogP contribution in [0.1, 0.15) is 29.5 Å². The number of hydrogen-bond acceptors (Lipinski definition) is 3. The molecule has 0 saturated carbocycles. The van der Waals surface area contributed by atoms with Gasteiger partial charge in [0.1, 0.15) is 16.9 Å². The summed E-state index contributed by atoms with van der Waals surface area (Å²) in [7, 11) is 0. The van der Waals surface area contributed by atoms with Crippen molar-refractivity contribution >= 4 is 37.9 Å². The summed E-state index contributed by atoms with van der Waals surface area (Å²) in [5, 5.41) is 2.00. The van der Waals surface area contributed by atoms with E-state index in [0.29, 0.717) is 5.58 Å². The van der Waals surface area contributed by atoms with Crippen molar-refractivity contribution in [1.82, 2.24) is 0 Å². The zero-order chi connectivity index (χ0) is 17.8. The highest BCUT2D eigenvalue weighted by molar-refractivity contribution is 9.10. The van der Waals surface area contributed by atoms with Crippen LogP contribution in [0.4, 0.5) is 0 Å².